The summed E-state index contributed by atoms with van der Waals surface area (Å²) >= 11 is 7.73. The van der Waals surface area contributed by atoms with E-state index < -0.39 is 0 Å². The SMILES string of the molecule is Cc1cc(CN)ccc1CSc1ncccc1Cl. The van der Waals surface area contributed by atoms with E-state index in [0.717, 1.165) is 16.3 Å². The molecular weight excluding hydrogens is 264 g/mol. The van der Waals surface area contributed by atoms with Crippen LogP contribution in [0.5, 0.6) is 0 Å². The van der Waals surface area contributed by atoms with Crippen LogP contribution in [0.25, 0.3) is 0 Å². The molecule has 0 saturated carbocycles. The molecule has 4 heteroatoms. The van der Waals surface area contributed by atoms with Crippen molar-refractivity contribution in [1.82, 2.24) is 4.98 Å². The Hall–Kier alpha value is -1.03. The monoisotopic (exact) mass is 278 g/mol. The standard InChI is InChI=1S/C14H15ClN2S/c1-10-7-11(8-16)4-5-12(10)9-18-14-13(15)3-2-6-17-14/h2-7H,8-9,16H2,1H3. The Morgan fingerprint density at radius 2 is 2.17 bits per heavy atom. The van der Waals surface area contributed by atoms with Crippen molar-refractivity contribution in [3.63, 3.8) is 0 Å². The van der Waals surface area contributed by atoms with Gasteiger partial charge in [0.1, 0.15) is 5.03 Å². The summed E-state index contributed by atoms with van der Waals surface area (Å²) in [6.07, 6.45) is 1.76. The summed E-state index contributed by atoms with van der Waals surface area (Å²) in [7, 11) is 0. The number of aryl methyl sites for hydroxylation is 1. The highest BCUT2D eigenvalue weighted by molar-refractivity contribution is 7.98. The van der Waals surface area contributed by atoms with E-state index in [1.807, 2.05) is 12.1 Å². The van der Waals surface area contributed by atoms with Crippen LogP contribution in [0.2, 0.25) is 5.02 Å². The summed E-state index contributed by atoms with van der Waals surface area (Å²) in [4.78, 5) is 4.27. The first-order valence-electron chi connectivity index (χ1n) is 5.72. The van der Waals surface area contributed by atoms with Crippen LogP contribution in [-0.4, -0.2) is 4.98 Å². The molecular formula is C14H15ClN2S. The van der Waals surface area contributed by atoms with Gasteiger partial charge in [-0.1, -0.05) is 29.8 Å². The molecule has 0 unspecified atom stereocenters. The van der Waals surface area contributed by atoms with Gasteiger partial charge in [-0.2, -0.15) is 0 Å². The van der Waals surface area contributed by atoms with Crippen molar-refractivity contribution < 1.29 is 0 Å². The number of thioether (sulfide) groups is 1. The van der Waals surface area contributed by atoms with Gasteiger partial charge in [-0.05, 0) is 35.7 Å². The molecule has 2 N–H and O–H groups in total. The summed E-state index contributed by atoms with van der Waals surface area (Å²) in [6, 6.07) is 10.0. The third-order valence-corrected chi connectivity index (χ3v) is 4.20. The fraction of sp³-hybridized carbons (Fsp3) is 0.214. The molecule has 0 bridgehead atoms. The number of aromatic nitrogens is 1. The maximum Gasteiger partial charge on any atom is 0.115 e. The Balaban J connectivity index is 2.09. The summed E-state index contributed by atoms with van der Waals surface area (Å²) in [5, 5.41) is 1.58. The number of hydrogen-bond donors (Lipinski definition) is 1. The Labute approximate surface area is 117 Å². The van der Waals surface area contributed by atoms with Gasteiger partial charge in [-0.25, -0.2) is 4.98 Å². The summed E-state index contributed by atoms with van der Waals surface area (Å²) in [5.74, 6) is 0.868. The van der Waals surface area contributed by atoms with Crippen LogP contribution in [0.3, 0.4) is 0 Å². The molecule has 0 atom stereocenters. The van der Waals surface area contributed by atoms with Gasteiger partial charge in [-0.15, -0.1) is 11.8 Å². The Bertz CT molecular complexity index is 543. The molecule has 94 valence electrons. The highest BCUT2D eigenvalue weighted by Gasteiger charge is 2.04. The van der Waals surface area contributed by atoms with Gasteiger partial charge in [0.25, 0.3) is 0 Å². The van der Waals surface area contributed by atoms with Gasteiger partial charge in [-0.3, -0.25) is 0 Å². The molecule has 0 radical (unpaired) electrons. The zero-order valence-electron chi connectivity index (χ0n) is 10.2. The molecule has 18 heavy (non-hydrogen) atoms. The smallest absolute Gasteiger partial charge is 0.115 e. The maximum absolute atomic E-state index is 6.08. The van der Waals surface area contributed by atoms with E-state index in [0.29, 0.717) is 11.6 Å². The number of halogens is 1. The molecule has 0 amide bonds. The lowest BCUT2D eigenvalue weighted by Gasteiger charge is -2.08. The number of pyridine rings is 1. The molecule has 1 aromatic carbocycles. The lowest BCUT2D eigenvalue weighted by molar-refractivity contribution is 1.06. The number of nitrogens with zero attached hydrogens (tertiary/aromatic N) is 1. The van der Waals surface area contributed by atoms with Crippen LogP contribution >= 0.6 is 23.4 Å². The Kier molecular flexibility index (Phi) is 4.64. The van der Waals surface area contributed by atoms with Crippen LogP contribution in [0.4, 0.5) is 0 Å². The molecule has 0 aliphatic carbocycles. The van der Waals surface area contributed by atoms with E-state index in [9.17, 15) is 0 Å². The number of hydrogen-bond acceptors (Lipinski definition) is 3. The second-order valence-electron chi connectivity index (χ2n) is 4.04. The van der Waals surface area contributed by atoms with Gasteiger partial charge in [0, 0.05) is 18.5 Å². The number of benzene rings is 1. The number of rotatable bonds is 4. The number of nitrogens with two attached hydrogens (primary N) is 1. The van der Waals surface area contributed by atoms with Crippen molar-refractivity contribution in [2.75, 3.05) is 0 Å². The zero-order chi connectivity index (χ0) is 13.0. The maximum atomic E-state index is 6.08. The first-order valence-corrected chi connectivity index (χ1v) is 7.09. The van der Waals surface area contributed by atoms with E-state index in [1.54, 1.807) is 18.0 Å². The van der Waals surface area contributed by atoms with E-state index in [4.69, 9.17) is 17.3 Å². The third-order valence-electron chi connectivity index (χ3n) is 2.73. The largest absolute Gasteiger partial charge is 0.326 e. The predicted octanol–water partition coefficient (Wildman–Crippen LogP) is 3.79. The van der Waals surface area contributed by atoms with Crippen molar-refractivity contribution in [1.29, 1.82) is 0 Å². The lowest BCUT2D eigenvalue weighted by Crippen LogP contribution is -1.98. The zero-order valence-corrected chi connectivity index (χ0v) is 11.8. The van der Waals surface area contributed by atoms with Gasteiger partial charge < -0.3 is 5.73 Å². The quantitative estimate of drug-likeness (QED) is 0.865. The van der Waals surface area contributed by atoms with E-state index >= 15 is 0 Å². The molecule has 0 spiro atoms. The molecule has 0 fully saturated rings. The molecule has 1 aromatic heterocycles. The Morgan fingerprint density at radius 1 is 1.33 bits per heavy atom. The van der Waals surface area contributed by atoms with Gasteiger partial charge in [0.15, 0.2) is 0 Å². The highest BCUT2D eigenvalue weighted by atomic mass is 35.5. The van der Waals surface area contributed by atoms with Crippen molar-refractivity contribution in [3.8, 4) is 0 Å². The molecule has 0 aliphatic rings. The minimum absolute atomic E-state index is 0.584. The average molecular weight is 279 g/mol. The average Bonchev–Trinajstić information content (AvgIpc) is 2.39. The van der Waals surface area contributed by atoms with Crippen LogP contribution in [0.15, 0.2) is 41.6 Å². The molecule has 2 aromatic rings. The fourth-order valence-corrected chi connectivity index (χ4v) is 2.91. The topological polar surface area (TPSA) is 38.9 Å². The van der Waals surface area contributed by atoms with Gasteiger partial charge in [0.05, 0.1) is 5.02 Å². The molecule has 2 rings (SSSR count). The normalized spacial score (nSPS) is 10.6. The highest BCUT2D eigenvalue weighted by Crippen LogP contribution is 2.28. The first kappa shape index (κ1) is 13.4. The Morgan fingerprint density at radius 3 is 2.83 bits per heavy atom. The third kappa shape index (κ3) is 3.25. The van der Waals surface area contributed by atoms with Crippen LogP contribution in [0.1, 0.15) is 16.7 Å². The second-order valence-corrected chi connectivity index (χ2v) is 5.42. The minimum atomic E-state index is 0.584. The van der Waals surface area contributed by atoms with Crippen LogP contribution < -0.4 is 5.73 Å². The summed E-state index contributed by atoms with van der Waals surface area (Å²) in [5.41, 5.74) is 9.34. The summed E-state index contributed by atoms with van der Waals surface area (Å²) in [6.45, 7) is 2.69. The fourth-order valence-electron chi connectivity index (χ4n) is 1.67. The van der Waals surface area contributed by atoms with Crippen molar-refractivity contribution in [2.45, 2.75) is 24.2 Å². The molecule has 1 heterocycles. The van der Waals surface area contributed by atoms with Crippen molar-refractivity contribution >= 4 is 23.4 Å². The molecule has 0 saturated heterocycles. The predicted molar refractivity (Wildman–Crippen MR) is 77.9 cm³/mol. The van der Waals surface area contributed by atoms with E-state index in [1.165, 1.54) is 11.1 Å². The van der Waals surface area contributed by atoms with Gasteiger partial charge >= 0.3 is 0 Å². The molecule has 0 aliphatic heterocycles. The summed E-state index contributed by atoms with van der Waals surface area (Å²) < 4.78 is 0. The van der Waals surface area contributed by atoms with Crippen LogP contribution in [0, 0.1) is 6.92 Å². The van der Waals surface area contributed by atoms with Crippen molar-refractivity contribution in [2.24, 2.45) is 5.73 Å². The van der Waals surface area contributed by atoms with E-state index in [2.05, 4.69) is 30.1 Å². The minimum Gasteiger partial charge on any atom is -0.326 e. The second kappa shape index (κ2) is 6.23. The van der Waals surface area contributed by atoms with Gasteiger partial charge in [0.2, 0.25) is 0 Å². The van der Waals surface area contributed by atoms with Crippen molar-refractivity contribution in [3.05, 3.63) is 58.2 Å². The first-order chi connectivity index (χ1) is 8.70. The molecule has 2 nitrogen and oxygen atoms in total. The lowest BCUT2D eigenvalue weighted by atomic mass is 10.1. The van der Waals surface area contributed by atoms with Crippen LogP contribution in [-0.2, 0) is 12.3 Å². The van der Waals surface area contributed by atoms with E-state index in [-0.39, 0.29) is 0 Å².